The Balaban J connectivity index is 2.00. The monoisotopic (exact) mass is 277 g/mol. The third-order valence-corrected chi connectivity index (χ3v) is 3.73. The van der Waals surface area contributed by atoms with Gasteiger partial charge in [-0.1, -0.05) is 12.1 Å². The van der Waals surface area contributed by atoms with Crippen LogP contribution < -0.4 is 5.32 Å². The molecule has 19 heavy (non-hydrogen) atoms. The number of hydrogen-bond acceptors (Lipinski definition) is 2. The van der Waals surface area contributed by atoms with Crippen LogP contribution in [0.4, 0.5) is 4.39 Å². The zero-order chi connectivity index (χ0) is 13.8. The number of aryl methyl sites for hydroxylation is 1. The van der Waals surface area contributed by atoms with E-state index in [1.807, 2.05) is 24.4 Å². The van der Waals surface area contributed by atoms with Gasteiger partial charge in [0.2, 0.25) is 0 Å². The molecule has 0 saturated heterocycles. The van der Waals surface area contributed by atoms with Crippen molar-refractivity contribution in [2.45, 2.75) is 26.3 Å². The van der Waals surface area contributed by atoms with Crippen LogP contribution in [-0.4, -0.2) is 11.9 Å². The molecule has 2 rings (SSSR count). The fourth-order valence-corrected chi connectivity index (χ4v) is 2.72. The van der Waals surface area contributed by atoms with Crippen LogP contribution >= 0.6 is 11.3 Å². The lowest BCUT2D eigenvalue weighted by atomic mass is 10.1. The highest BCUT2D eigenvalue weighted by molar-refractivity contribution is 7.09. The Bertz CT molecular complexity index is 566. The Morgan fingerprint density at radius 2 is 2.21 bits per heavy atom. The Kier molecular flexibility index (Phi) is 4.32. The van der Waals surface area contributed by atoms with Crippen LogP contribution in [0, 0.1) is 12.7 Å². The molecule has 0 aliphatic carbocycles. The molecule has 2 aromatic rings. The number of carbonyl (C=O) groups excluding carboxylic acids is 1. The molecular weight excluding hydrogens is 261 g/mol. The van der Waals surface area contributed by atoms with Crippen molar-refractivity contribution in [1.29, 1.82) is 0 Å². The van der Waals surface area contributed by atoms with E-state index < -0.39 is 5.82 Å². The Morgan fingerprint density at radius 3 is 2.84 bits per heavy atom. The van der Waals surface area contributed by atoms with E-state index in [2.05, 4.69) is 5.32 Å². The molecule has 0 aliphatic rings. The summed E-state index contributed by atoms with van der Waals surface area (Å²) < 4.78 is 13.7. The normalized spacial score (nSPS) is 12.2. The van der Waals surface area contributed by atoms with Crippen molar-refractivity contribution in [2.24, 2.45) is 0 Å². The van der Waals surface area contributed by atoms with Crippen LogP contribution in [0.1, 0.15) is 27.7 Å². The van der Waals surface area contributed by atoms with Gasteiger partial charge in [0, 0.05) is 17.3 Å². The number of rotatable bonds is 4. The van der Waals surface area contributed by atoms with Crippen LogP contribution in [0.15, 0.2) is 35.7 Å². The predicted octanol–water partition coefficient (Wildman–Crippen LogP) is 3.56. The molecule has 1 aromatic carbocycles. The molecule has 1 heterocycles. The fraction of sp³-hybridized carbons (Fsp3) is 0.267. The van der Waals surface area contributed by atoms with Gasteiger partial charge in [0.15, 0.2) is 0 Å². The zero-order valence-electron chi connectivity index (χ0n) is 10.9. The highest BCUT2D eigenvalue weighted by atomic mass is 32.1. The maximum Gasteiger partial charge on any atom is 0.254 e. The second-order valence-corrected chi connectivity index (χ2v) is 5.67. The van der Waals surface area contributed by atoms with E-state index in [1.165, 1.54) is 17.0 Å². The van der Waals surface area contributed by atoms with Crippen molar-refractivity contribution < 1.29 is 9.18 Å². The van der Waals surface area contributed by atoms with Gasteiger partial charge in [-0.05, 0) is 43.0 Å². The first kappa shape index (κ1) is 13.7. The van der Waals surface area contributed by atoms with E-state index in [-0.39, 0.29) is 17.5 Å². The highest BCUT2D eigenvalue weighted by Crippen LogP contribution is 2.13. The Labute approximate surface area is 116 Å². The van der Waals surface area contributed by atoms with Crippen LogP contribution in [0.25, 0.3) is 0 Å². The van der Waals surface area contributed by atoms with Crippen molar-refractivity contribution in [2.75, 3.05) is 0 Å². The summed E-state index contributed by atoms with van der Waals surface area (Å²) in [6.07, 6.45) is 0.761. The second-order valence-electron chi connectivity index (χ2n) is 4.64. The highest BCUT2D eigenvalue weighted by Gasteiger charge is 2.14. The smallest absolute Gasteiger partial charge is 0.254 e. The van der Waals surface area contributed by atoms with E-state index in [0.717, 1.165) is 12.0 Å². The van der Waals surface area contributed by atoms with Gasteiger partial charge in [0.1, 0.15) is 5.82 Å². The van der Waals surface area contributed by atoms with E-state index in [9.17, 15) is 9.18 Å². The van der Waals surface area contributed by atoms with Crippen LogP contribution in [0.5, 0.6) is 0 Å². The summed E-state index contributed by atoms with van der Waals surface area (Å²) in [5.74, 6) is -0.831. The molecule has 1 aromatic heterocycles. The van der Waals surface area contributed by atoms with Crippen molar-refractivity contribution in [3.8, 4) is 0 Å². The first-order valence-electron chi connectivity index (χ1n) is 6.15. The molecule has 0 spiro atoms. The summed E-state index contributed by atoms with van der Waals surface area (Å²) in [5, 5.41) is 4.83. The average molecular weight is 277 g/mol. The van der Waals surface area contributed by atoms with Crippen LogP contribution in [0.2, 0.25) is 0 Å². The van der Waals surface area contributed by atoms with Crippen molar-refractivity contribution in [3.63, 3.8) is 0 Å². The van der Waals surface area contributed by atoms with Gasteiger partial charge >= 0.3 is 0 Å². The fourth-order valence-electron chi connectivity index (χ4n) is 1.89. The standard InChI is InChI=1S/C15H16FNOS/c1-10-5-6-13(14(16)8-10)15(18)17-11(2)9-12-4-3-7-19-12/h3-8,11H,9H2,1-2H3,(H,17,18). The lowest BCUT2D eigenvalue weighted by molar-refractivity contribution is 0.0936. The molecule has 1 N–H and O–H groups in total. The van der Waals surface area contributed by atoms with E-state index >= 15 is 0 Å². The van der Waals surface area contributed by atoms with Gasteiger partial charge in [-0.2, -0.15) is 0 Å². The summed E-state index contributed by atoms with van der Waals surface area (Å²) in [4.78, 5) is 13.2. The average Bonchev–Trinajstić information content (AvgIpc) is 2.81. The number of nitrogens with one attached hydrogen (secondary N) is 1. The maximum absolute atomic E-state index is 13.7. The largest absolute Gasteiger partial charge is 0.349 e. The molecule has 2 nitrogen and oxygen atoms in total. The lowest BCUT2D eigenvalue weighted by Crippen LogP contribution is -2.34. The number of amides is 1. The molecule has 0 aliphatic heterocycles. The molecule has 0 radical (unpaired) electrons. The predicted molar refractivity (Wildman–Crippen MR) is 76.1 cm³/mol. The number of thiophene rings is 1. The van der Waals surface area contributed by atoms with E-state index in [4.69, 9.17) is 0 Å². The first-order valence-corrected chi connectivity index (χ1v) is 7.03. The first-order chi connectivity index (χ1) is 9.06. The Morgan fingerprint density at radius 1 is 1.42 bits per heavy atom. The van der Waals surface area contributed by atoms with Crippen molar-refractivity contribution in [3.05, 3.63) is 57.5 Å². The third-order valence-electron chi connectivity index (χ3n) is 2.83. The summed E-state index contributed by atoms with van der Waals surface area (Å²) in [7, 11) is 0. The van der Waals surface area contributed by atoms with Crippen LogP contribution in [0.3, 0.4) is 0 Å². The number of hydrogen-bond donors (Lipinski definition) is 1. The minimum Gasteiger partial charge on any atom is -0.349 e. The van der Waals surface area contributed by atoms with Gasteiger partial charge in [-0.3, -0.25) is 4.79 Å². The van der Waals surface area contributed by atoms with Gasteiger partial charge < -0.3 is 5.32 Å². The quantitative estimate of drug-likeness (QED) is 0.909. The number of halogens is 1. The van der Waals surface area contributed by atoms with E-state index in [0.29, 0.717) is 0 Å². The summed E-state index contributed by atoms with van der Waals surface area (Å²) in [5.41, 5.74) is 0.907. The lowest BCUT2D eigenvalue weighted by Gasteiger charge is -2.13. The van der Waals surface area contributed by atoms with E-state index in [1.54, 1.807) is 24.3 Å². The molecule has 4 heteroatoms. The Hall–Kier alpha value is -1.68. The molecule has 0 bridgehead atoms. The molecule has 0 saturated carbocycles. The second kappa shape index (κ2) is 5.97. The van der Waals surface area contributed by atoms with Gasteiger partial charge in [-0.25, -0.2) is 4.39 Å². The molecule has 1 atom stereocenters. The van der Waals surface area contributed by atoms with Gasteiger partial charge in [0.25, 0.3) is 5.91 Å². The molecule has 0 fully saturated rings. The molecular formula is C15H16FNOS. The molecule has 1 amide bonds. The van der Waals surface area contributed by atoms with Crippen molar-refractivity contribution >= 4 is 17.2 Å². The minimum absolute atomic E-state index is 0.0214. The third kappa shape index (κ3) is 3.64. The zero-order valence-corrected chi connectivity index (χ0v) is 11.8. The summed E-state index contributed by atoms with van der Waals surface area (Å²) in [6, 6.07) is 8.62. The van der Waals surface area contributed by atoms with Crippen LogP contribution in [-0.2, 0) is 6.42 Å². The number of benzene rings is 1. The summed E-state index contributed by atoms with van der Waals surface area (Å²) in [6.45, 7) is 3.72. The van der Waals surface area contributed by atoms with Gasteiger partial charge in [0.05, 0.1) is 5.56 Å². The minimum atomic E-state index is -0.471. The summed E-state index contributed by atoms with van der Waals surface area (Å²) >= 11 is 1.65. The maximum atomic E-state index is 13.7. The topological polar surface area (TPSA) is 29.1 Å². The molecule has 100 valence electrons. The van der Waals surface area contributed by atoms with Gasteiger partial charge in [-0.15, -0.1) is 11.3 Å². The number of carbonyl (C=O) groups is 1. The van der Waals surface area contributed by atoms with Crippen molar-refractivity contribution in [1.82, 2.24) is 5.32 Å². The molecule has 1 unspecified atom stereocenters. The SMILES string of the molecule is Cc1ccc(C(=O)NC(C)Cc2cccs2)c(F)c1.